The Kier molecular flexibility index (Phi) is 5.20. The van der Waals surface area contributed by atoms with E-state index in [1.54, 1.807) is 19.4 Å². The highest BCUT2D eigenvalue weighted by Gasteiger charge is 2.13. The zero-order valence-corrected chi connectivity index (χ0v) is 16.3. The first-order valence-electron chi connectivity index (χ1n) is 9.30. The molecule has 0 aliphatic heterocycles. The van der Waals surface area contributed by atoms with E-state index in [9.17, 15) is 4.79 Å². The van der Waals surface area contributed by atoms with Gasteiger partial charge in [0.2, 0.25) is 5.91 Å². The van der Waals surface area contributed by atoms with Crippen LogP contribution in [0.1, 0.15) is 11.1 Å². The van der Waals surface area contributed by atoms with Gasteiger partial charge in [-0.1, -0.05) is 29.8 Å². The number of furan rings is 1. The number of methoxy groups -OCH3 is 1. The Labute approximate surface area is 168 Å². The summed E-state index contributed by atoms with van der Waals surface area (Å²) in [6, 6.07) is 20.7. The van der Waals surface area contributed by atoms with Gasteiger partial charge in [0.05, 0.1) is 25.5 Å². The summed E-state index contributed by atoms with van der Waals surface area (Å²) in [4.78, 5) is 12.7. The van der Waals surface area contributed by atoms with Gasteiger partial charge in [0.1, 0.15) is 17.1 Å². The summed E-state index contributed by atoms with van der Waals surface area (Å²) >= 11 is 0. The number of carbonyl (C=O) groups excluding carboxylic acids is 1. The van der Waals surface area contributed by atoms with E-state index in [1.165, 1.54) is 0 Å². The first-order chi connectivity index (χ1) is 14.1. The number of amides is 1. The third-order valence-electron chi connectivity index (χ3n) is 4.62. The second-order valence-electron chi connectivity index (χ2n) is 6.76. The molecule has 0 saturated carbocycles. The van der Waals surface area contributed by atoms with Crippen LogP contribution in [0.5, 0.6) is 17.2 Å². The molecule has 0 aliphatic rings. The zero-order chi connectivity index (χ0) is 20.2. The van der Waals surface area contributed by atoms with E-state index >= 15 is 0 Å². The summed E-state index contributed by atoms with van der Waals surface area (Å²) in [5, 5.41) is 3.83. The number of hydrogen-bond donors (Lipinski definition) is 1. The molecule has 4 aromatic rings. The Morgan fingerprint density at radius 2 is 1.76 bits per heavy atom. The van der Waals surface area contributed by atoms with Crippen molar-refractivity contribution >= 4 is 22.6 Å². The number of fused-ring (bicyclic) bond motifs is 1. The summed E-state index contributed by atoms with van der Waals surface area (Å²) in [5.41, 5.74) is 3.28. The third kappa shape index (κ3) is 4.24. The van der Waals surface area contributed by atoms with Crippen molar-refractivity contribution in [3.63, 3.8) is 0 Å². The Balaban J connectivity index is 1.49. The van der Waals surface area contributed by atoms with Gasteiger partial charge in [-0.3, -0.25) is 4.79 Å². The van der Waals surface area contributed by atoms with E-state index in [2.05, 4.69) is 5.32 Å². The van der Waals surface area contributed by atoms with Gasteiger partial charge >= 0.3 is 0 Å². The molecule has 0 aliphatic carbocycles. The molecule has 146 valence electrons. The molecule has 0 unspecified atom stereocenters. The van der Waals surface area contributed by atoms with Crippen LogP contribution in [0, 0.1) is 6.92 Å². The highest BCUT2D eigenvalue weighted by atomic mass is 16.5. The van der Waals surface area contributed by atoms with Crippen molar-refractivity contribution < 1.29 is 18.7 Å². The predicted molar refractivity (Wildman–Crippen MR) is 113 cm³/mol. The number of aryl methyl sites for hydroxylation is 1. The van der Waals surface area contributed by atoms with Crippen molar-refractivity contribution in [2.45, 2.75) is 13.3 Å². The maximum atomic E-state index is 12.7. The van der Waals surface area contributed by atoms with E-state index in [1.807, 2.05) is 67.6 Å². The lowest BCUT2D eigenvalue weighted by Gasteiger charge is -2.12. The zero-order valence-electron chi connectivity index (χ0n) is 16.3. The first kappa shape index (κ1) is 18.6. The van der Waals surface area contributed by atoms with Crippen LogP contribution in [0.4, 0.5) is 5.69 Å². The number of benzene rings is 3. The number of para-hydroxylation sites is 2. The molecule has 5 heteroatoms. The molecule has 1 aromatic heterocycles. The highest BCUT2D eigenvalue weighted by molar-refractivity contribution is 5.96. The molecule has 0 bridgehead atoms. The molecule has 1 amide bonds. The molecule has 0 fully saturated rings. The molecule has 5 nitrogen and oxygen atoms in total. The van der Waals surface area contributed by atoms with E-state index in [0.717, 1.165) is 16.5 Å². The molecule has 0 saturated heterocycles. The molecule has 29 heavy (non-hydrogen) atoms. The number of carbonyl (C=O) groups is 1. The van der Waals surface area contributed by atoms with Crippen molar-refractivity contribution in [2.24, 2.45) is 0 Å². The highest BCUT2D eigenvalue weighted by Crippen LogP contribution is 2.30. The van der Waals surface area contributed by atoms with Crippen LogP contribution in [0.3, 0.4) is 0 Å². The van der Waals surface area contributed by atoms with Gasteiger partial charge in [0.25, 0.3) is 0 Å². The number of anilines is 1. The SMILES string of the molecule is COc1ccc2c(CC(=O)Nc3ccccc3Oc3ccc(C)cc3)coc2c1. The summed E-state index contributed by atoms with van der Waals surface area (Å²) in [5.74, 6) is 1.87. The normalized spacial score (nSPS) is 10.7. The summed E-state index contributed by atoms with van der Waals surface area (Å²) < 4.78 is 16.7. The molecular weight excluding hydrogens is 366 g/mol. The standard InChI is InChI=1S/C24H21NO4/c1-16-7-9-18(10-8-16)29-22-6-4-3-5-21(22)25-24(26)13-17-15-28-23-14-19(27-2)11-12-20(17)23/h3-12,14-15H,13H2,1-2H3,(H,25,26). The van der Waals surface area contributed by atoms with E-state index in [-0.39, 0.29) is 12.3 Å². The van der Waals surface area contributed by atoms with Gasteiger partial charge in [-0.15, -0.1) is 0 Å². The minimum Gasteiger partial charge on any atom is -0.497 e. The minimum atomic E-state index is -0.150. The summed E-state index contributed by atoms with van der Waals surface area (Å²) in [7, 11) is 1.61. The van der Waals surface area contributed by atoms with Crippen molar-refractivity contribution in [2.75, 3.05) is 12.4 Å². The first-order valence-corrected chi connectivity index (χ1v) is 9.30. The van der Waals surface area contributed by atoms with Crippen LogP contribution in [0.2, 0.25) is 0 Å². The summed E-state index contributed by atoms with van der Waals surface area (Å²) in [6.07, 6.45) is 1.80. The van der Waals surface area contributed by atoms with E-state index < -0.39 is 0 Å². The molecule has 1 N–H and O–H groups in total. The lowest BCUT2D eigenvalue weighted by molar-refractivity contribution is -0.115. The molecule has 4 rings (SSSR count). The van der Waals surface area contributed by atoms with E-state index in [0.29, 0.717) is 28.5 Å². The van der Waals surface area contributed by atoms with Crippen molar-refractivity contribution in [1.82, 2.24) is 0 Å². The molecule has 0 atom stereocenters. The number of ether oxygens (including phenoxy) is 2. The minimum absolute atomic E-state index is 0.150. The van der Waals surface area contributed by atoms with E-state index in [4.69, 9.17) is 13.9 Å². The molecule has 0 radical (unpaired) electrons. The van der Waals surface area contributed by atoms with Gasteiger partial charge in [-0.2, -0.15) is 0 Å². The maximum absolute atomic E-state index is 12.7. The largest absolute Gasteiger partial charge is 0.497 e. The lowest BCUT2D eigenvalue weighted by atomic mass is 10.1. The quantitative estimate of drug-likeness (QED) is 0.459. The van der Waals surface area contributed by atoms with Crippen LogP contribution < -0.4 is 14.8 Å². The molecular formula is C24H21NO4. The van der Waals surface area contributed by atoms with Gasteiger partial charge in [0.15, 0.2) is 5.75 Å². The average molecular weight is 387 g/mol. The average Bonchev–Trinajstić information content (AvgIpc) is 3.13. The number of nitrogens with one attached hydrogen (secondary N) is 1. The fourth-order valence-electron chi connectivity index (χ4n) is 3.09. The van der Waals surface area contributed by atoms with Gasteiger partial charge in [0, 0.05) is 17.0 Å². The lowest BCUT2D eigenvalue weighted by Crippen LogP contribution is -2.14. The van der Waals surface area contributed by atoms with Crippen molar-refractivity contribution in [3.05, 3.63) is 84.1 Å². The topological polar surface area (TPSA) is 60.7 Å². The van der Waals surface area contributed by atoms with Gasteiger partial charge in [-0.25, -0.2) is 0 Å². The van der Waals surface area contributed by atoms with Crippen molar-refractivity contribution in [1.29, 1.82) is 0 Å². The van der Waals surface area contributed by atoms with Crippen LogP contribution in [-0.2, 0) is 11.2 Å². The second-order valence-corrected chi connectivity index (χ2v) is 6.76. The molecule has 3 aromatic carbocycles. The third-order valence-corrected chi connectivity index (χ3v) is 4.62. The number of hydrogen-bond acceptors (Lipinski definition) is 4. The monoisotopic (exact) mass is 387 g/mol. The summed E-state index contributed by atoms with van der Waals surface area (Å²) in [6.45, 7) is 2.02. The second kappa shape index (κ2) is 8.10. The Morgan fingerprint density at radius 1 is 1.00 bits per heavy atom. The van der Waals surface area contributed by atoms with Gasteiger partial charge in [-0.05, 0) is 43.3 Å². The predicted octanol–water partition coefficient (Wildman–Crippen LogP) is 5.72. The smallest absolute Gasteiger partial charge is 0.229 e. The van der Waals surface area contributed by atoms with Crippen LogP contribution in [0.15, 0.2) is 77.4 Å². The van der Waals surface area contributed by atoms with Crippen molar-refractivity contribution in [3.8, 4) is 17.2 Å². The maximum Gasteiger partial charge on any atom is 0.229 e. The Hall–Kier alpha value is -3.73. The molecule has 1 heterocycles. The van der Waals surface area contributed by atoms with Gasteiger partial charge < -0.3 is 19.2 Å². The Morgan fingerprint density at radius 3 is 2.55 bits per heavy atom. The fourth-order valence-corrected chi connectivity index (χ4v) is 3.09. The van der Waals surface area contributed by atoms with Crippen LogP contribution in [0.25, 0.3) is 11.0 Å². The fraction of sp³-hybridized carbons (Fsp3) is 0.125. The Bertz CT molecular complexity index is 1150. The van der Waals surface area contributed by atoms with Crippen LogP contribution >= 0.6 is 0 Å². The number of rotatable bonds is 6. The molecule has 0 spiro atoms. The van der Waals surface area contributed by atoms with Crippen LogP contribution in [-0.4, -0.2) is 13.0 Å².